The van der Waals surface area contributed by atoms with Gasteiger partial charge in [0.25, 0.3) is 5.69 Å². The summed E-state index contributed by atoms with van der Waals surface area (Å²) in [7, 11) is 0. The molecule has 0 saturated heterocycles. The Balaban J connectivity index is 1.49. The predicted molar refractivity (Wildman–Crippen MR) is 150 cm³/mol. The van der Waals surface area contributed by atoms with Gasteiger partial charge in [-0.15, -0.1) is 0 Å². The number of amides is 1. The molecule has 1 atom stereocenters. The molecule has 0 bridgehead atoms. The molecule has 4 aromatic carbocycles. The molecule has 1 heterocycles. The van der Waals surface area contributed by atoms with Gasteiger partial charge >= 0.3 is 6.18 Å². The Morgan fingerprint density at radius 1 is 0.878 bits per heavy atom. The number of nitro benzene ring substituents is 1. The highest BCUT2D eigenvalue weighted by atomic mass is 19.4. The molecule has 5 aromatic rings. The minimum Gasteiger partial charge on any atom is -0.352 e. The van der Waals surface area contributed by atoms with Gasteiger partial charge in [-0.1, -0.05) is 72.8 Å². The van der Waals surface area contributed by atoms with Crippen molar-refractivity contribution in [3.05, 3.63) is 147 Å². The van der Waals surface area contributed by atoms with Gasteiger partial charge in [-0.05, 0) is 40.5 Å². The van der Waals surface area contributed by atoms with E-state index in [0.717, 1.165) is 34.3 Å². The maximum absolute atomic E-state index is 13.2. The molecular weight excluding hydrogens is 531 g/mol. The molecule has 1 amide bonds. The molecule has 6 nitrogen and oxygen atoms in total. The molecule has 1 aromatic heterocycles. The van der Waals surface area contributed by atoms with E-state index in [1.165, 1.54) is 24.3 Å². The lowest BCUT2D eigenvalue weighted by Crippen LogP contribution is -2.25. The molecule has 5 rings (SSSR count). The molecule has 0 aliphatic heterocycles. The second-order valence-electron chi connectivity index (χ2n) is 9.80. The molecule has 0 radical (unpaired) electrons. The fraction of sp³-hybridized carbons (Fsp3) is 0.156. The molecule has 0 aliphatic carbocycles. The van der Waals surface area contributed by atoms with Gasteiger partial charge in [0.2, 0.25) is 5.91 Å². The van der Waals surface area contributed by atoms with Crippen LogP contribution in [0.15, 0.2) is 109 Å². The maximum Gasteiger partial charge on any atom is 0.416 e. The quantitative estimate of drug-likeness (QED) is 0.151. The van der Waals surface area contributed by atoms with Crippen LogP contribution in [0.2, 0.25) is 0 Å². The van der Waals surface area contributed by atoms with Crippen molar-refractivity contribution in [1.82, 2.24) is 9.88 Å². The van der Waals surface area contributed by atoms with Crippen LogP contribution in [0, 0.1) is 10.1 Å². The number of nitrogens with zero attached hydrogens (tertiary/aromatic N) is 2. The van der Waals surface area contributed by atoms with Gasteiger partial charge in [0, 0.05) is 54.7 Å². The predicted octanol–water partition coefficient (Wildman–Crippen LogP) is 7.46. The Kier molecular flexibility index (Phi) is 7.87. The van der Waals surface area contributed by atoms with Gasteiger partial charge in [0.15, 0.2) is 0 Å². The molecule has 0 spiro atoms. The molecular formula is C32H26F3N3O3. The summed E-state index contributed by atoms with van der Waals surface area (Å²) in [5.74, 6) is -0.815. The van der Waals surface area contributed by atoms with Crippen molar-refractivity contribution < 1.29 is 22.9 Å². The highest BCUT2D eigenvalue weighted by Crippen LogP contribution is 2.37. The zero-order valence-electron chi connectivity index (χ0n) is 21.8. The number of aromatic nitrogens is 1. The molecule has 1 N–H and O–H groups in total. The number of nitro groups is 1. The molecule has 0 fully saturated rings. The fourth-order valence-corrected chi connectivity index (χ4v) is 5.02. The molecule has 208 valence electrons. The average Bonchev–Trinajstić information content (AvgIpc) is 3.32. The summed E-state index contributed by atoms with van der Waals surface area (Å²) in [6.07, 6.45) is -2.55. The first kappa shape index (κ1) is 27.6. The number of carbonyl (C=O) groups excluding carboxylic acids is 1. The maximum atomic E-state index is 13.2. The summed E-state index contributed by atoms with van der Waals surface area (Å²) >= 11 is 0. The van der Waals surface area contributed by atoms with Crippen molar-refractivity contribution in [1.29, 1.82) is 0 Å². The summed E-state index contributed by atoms with van der Waals surface area (Å²) in [6, 6.07) is 28.7. The number of rotatable bonds is 9. The minimum atomic E-state index is -4.48. The number of hydrogen-bond donors (Lipinski definition) is 1. The van der Waals surface area contributed by atoms with Gasteiger partial charge in [-0.25, -0.2) is 0 Å². The topological polar surface area (TPSA) is 77.2 Å². The van der Waals surface area contributed by atoms with E-state index >= 15 is 0 Å². The molecule has 9 heteroatoms. The van der Waals surface area contributed by atoms with Crippen LogP contribution in [0.25, 0.3) is 10.9 Å². The first-order valence-corrected chi connectivity index (χ1v) is 13.0. The van der Waals surface area contributed by atoms with Crippen molar-refractivity contribution in [3.63, 3.8) is 0 Å². The van der Waals surface area contributed by atoms with Gasteiger partial charge in [-0.2, -0.15) is 13.2 Å². The Bertz CT molecular complexity index is 1680. The number of benzene rings is 4. The van der Waals surface area contributed by atoms with E-state index in [9.17, 15) is 28.1 Å². The number of fused-ring (bicyclic) bond motifs is 1. The third-order valence-corrected chi connectivity index (χ3v) is 7.01. The second-order valence-corrected chi connectivity index (χ2v) is 9.80. The Hall–Kier alpha value is -4.92. The highest BCUT2D eigenvalue weighted by molar-refractivity contribution is 5.88. The third kappa shape index (κ3) is 6.46. The normalized spacial score (nSPS) is 12.3. The number of hydrogen-bond acceptors (Lipinski definition) is 3. The van der Waals surface area contributed by atoms with Crippen molar-refractivity contribution in [2.45, 2.75) is 31.6 Å². The Labute approximate surface area is 234 Å². The van der Waals surface area contributed by atoms with Crippen LogP contribution in [-0.2, 0) is 24.1 Å². The fourth-order valence-electron chi connectivity index (χ4n) is 5.02. The molecule has 0 aliphatic rings. The summed E-state index contributed by atoms with van der Waals surface area (Å²) in [5, 5.41) is 15.1. The molecule has 0 unspecified atom stereocenters. The van der Waals surface area contributed by atoms with Gasteiger partial charge < -0.3 is 9.88 Å². The smallest absolute Gasteiger partial charge is 0.352 e. The number of non-ortho nitro benzene ring substituents is 1. The number of carbonyl (C=O) groups is 1. The van der Waals surface area contributed by atoms with E-state index in [4.69, 9.17) is 0 Å². The van der Waals surface area contributed by atoms with Gasteiger partial charge in [0.05, 0.1) is 10.5 Å². The zero-order chi connectivity index (χ0) is 29.0. The lowest BCUT2D eigenvalue weighted by Gasteiger charge is -2.17. The number of alkyl halides is 3. The molecule has 41 heavy (non-hydrogen) atoms. The number of halogens is 3. The van der Waals surface area contributed by atoms with Gasteiger partial charge in [-0.3, -0.25) is 14.9 Å². The van der Waals surface area contributed by atoms with Crippen LogP contribution < -0.4 is 5.32 Å². The van der Waals surface area contributed by atoms with E-state index in [1.54, 1.807) is 6.07 Å². The van der Waals surface area contributed by atoms with Crippen molar-refractivity contribution in [3.8, 4) is 0 Å². The lowest BCUT2D eigenvalue weighted by molar-refractivity contribution is -0.384. The van der Waals surface area contributed by atoms with E-state index in [1.807, 2.05) is 71.4 Å². The van der Waals surface area contributed by atoms with Crippen LogP contribution in [0.3, 0.4) is 0 Å². The van der Waals surface area contributed by atoms with Crippen LogP contribution in [0.4, 0.5) is 18.9 Å². The van der Waals surface area contributed by atoms with Crippen LogP contribution in [0.5, 0.6) is 0 Å². The zero-order valence-corrected chi connectivity index (χ0v) is 21.8. The molecule has 0 saturated carbocycles. The van der Waals surface area contributed by atoms with E-state index in [2.05, 4.69) is 5.32 Å². The first-order chi connectivity index (χ1) is 19.7. The lowest BCUT2D eigenvalue weighted by atomic mass is 9.88. The third-order valence-electron chi connectivity index (χ3n) is 7.01. The average molecular weight is 558 g/mol. The monoisotopic (exact) mass is 557 g/mol. The summed E-state index contributed by atoms with van der Waals surface area (Å²) in [5.41, 5.74) is 2.92. The SMILES string of the molecule is O=C(C[C@@H](c1ccccc1)c1cn(Cc2ccccc2)c2ccc([N+](=O)[O-])cc12)NCc1cccc(C(F)(F)F)c1. The largest absolute Gasteiger partial charge is 0.416 e. The summed E-state index contributed by atoms with van der Waals surface area (Å²) in [6.45, 7) is 0.462. The van der Waals surface area contributed by atoms with Crippen LogP contribution in [0.1, 0.15) is 40.2 Å². The Morgan fingerprint density at radius 2 is 1.56 bits per heavy atom. The summed E-state index contributed by atoms with van der Waals surface area (Å²) < 4.78 is 41.4. The highest BCUT2D eigenvalue weighted by Gasteiger charge is 2.30. The van der Waals surface area contributed by atoms with Gasteiger partial charge in [0.1, 0.15) is 0 Å². The van der Waals surface area contributed by atoms with Crippen LogP contribution in [-0.4, -0.2) is 15.4 Å². The number of nitrogens with one attached hydrogen (secondary N) is 1. The van der Waals surface area contributed by atoms with Crippen LogP contribution >= 0.6 is 0 Å². The standard InChI is InChI=1S/C32H26F3N3O3/c33-32(34,35)25-13-7-10-23(16-25)19-36-31(39)18-27(24-11-5-2-6-12-24)29-21-37(20-22-8-3-1-4-9-22)30-15-14-26(38(40)41)17-28(29)30/h1-17,21,27H,18-20H2,(H,36,39)/t27-/m0/s1. The minimum absolute atomic E-state index is 0.00385. The Morgan fingerprint density at radius 3 is 2.24 bits per heavy atom. The van der Waals surface area contributed by atoms with E-state index in [0.29, 0.717) is 17.5 Å². The van der Waals surface area contributed by atoms with E-state index < -0.39 is 22.6 Å². The summed E-state index contributed by atoms with van der Waals surface area (Å²) in [4.78, 5) is 24.4. The van der Waals surface area contributed by atoms with Crippen molar-refractivity contribution >= 4 is 22.5 Å². The first-order valence-electron chi connectivity index (χ1n) is 13.0. The van der Waals surface area contributed by atoms with Crippen molar-refractivity contribution in [2.24, 2.45) is 0 Å². The van der Waals surface area contributed by atoms with Crippen molar-refractivity contribution in [2.75, 3.05) is 0 Å². The van der Waals surface area contributed by atoms with E-state index in [-0.39, 0.29) is 24.6 Å². The second kappa shape index (κ2) is 11.7.